The van der Waals surface area contributed by atoms with Crippen LogP contribution in [0.4, 0.5) is 0 Å². The Morgan fingerprint density at radius 1 is 1.50 bits per heavy atom. The first-order chi connectivity index (χ1) is 5.77. The molecule has 0 radical (unpaired) electrons. The third-order valence-corrected chi connectivity index (χ3v) is 2.42. The summed E-state index contributed by atoms with van der Waals surface area (Å²) in [6.45, 7) is -0.354. The van der Waals surface area contributed by atoms with Crippen molar-refractivity contribution in [1.29, 1.82) is 0 Å². The molecule has 0 aromatic carbocycles. The van der Waals surface area contributed by atoms with E-state index in [2.05, 4.69) is 0 Å². The molecule has 2 rings (SSSR count). The minimum atomic E-state index is -1.04. The summed E-state index contributed by atoms with van der Waals surface area (Å²) in [7, 11) is 1.45. The Bertz CT molecular complexity index is 179. The first-order valence-electron chi connectivity index (χ1n) is 3.87. The van der Waals surface area contributed by atoms with Crippen LogP contribution in [0.1, 0.15) is 0 Å². The highest BCUT2D eigenvalue weighted by Crippen LogP contribution is 2.46. The number of aliphatic hydroxyl groups is 2. The molecule has 2 fully saturated rings. The summed E-state index contributed by atoms with van der Waals surface area (Å²) in [5.74, 6) is -1.04. The molecule has 2 heterocycles. The number of fused-ring (bicyclic) bond motifs is 1. The summed E-state index contributed by atoms with van der Waals surface area (Å²) in [6.07, 6.45) is -0.686. The van der Waals surface area contributed by atoms with Crippen molar-refractivity contribution in [2.45, 2.75) is 24.1 Å². The molecular weight excluding hydrogens is 164 g/mol. The van der Waals surface area contributed by atoms with E-state index in [-0.39, 0.29) is 31.5 Å². The fourth-order valence-corrected chi connectivity index (χ4v) is 1.65. The lowest BCUT2D eigenvalue weighted by atomic mass is 10.1. The van der Waals surface area contributed by atoms with Gasteiger partial charge in [-0.15, -0.1) is 0 Å². The van der Waals surface area contributed by atoms with Crippen LogP contribution in [0.3, 0.4) is 0 Å². The van der Waals surface area contributed by atoms with E-state index < -0.39 is 5.79 Å². The Balaban J connectivity index is 2.10. The van der Waals surface area contributed by atoms with Crippen molar-refractivity contribution in [3.05, 3.63) is 0 Å². The average Bonchev–Trinajstić information content (AvgIpc) is 2.85. The largest absolute Gasteiger partial charge is 0.394 e. The third kappa shape index (κ3) is 0.915. The van der Waals surface area contributed by atoms with Crippen LogP contribution in [-0.4, -0.2) is 54.6 Å². The van der Waals surface area contributed by atoms with Crippen molar-refractivity contribution in [2.24, 2.45) is 0 Å². The molecule has 2 aliphatic heterocycles. The maximum Gasteiger partial charge on any atom is 0.221 e. The Morgan fingerprint density at radius 3 is 2.58 bits per heavy atom. The van der Waals surface area contributed by atoms with Crippen molar-refractivity contribution in [2.75, 3.05) is 20.3 Å². The SMILES string of the molecule is COC1(CO)O[C@H](CO)[C@@H]2O[C@@H]21. The van der Waals surface area contributed by atoms with Crippen LogP contribution >= 0.6 is 0 Å². The van der Waals surface area contributed by atoms with Gasteiger partial charge < -0.3 is 24.4 Å². The summed E-state index contributed by atoms with van der Waals surface area (Å²) in [6, 6.07) is 0. The van der Waals surface area contributed by atoms with Gasteiger partial charge in [-0.05, 0) is 0 Å². The minimum absolute atomic E-state index is 0.105. The van der Waals surface area contributed by atoms with Crippen molar-refractivity contribution < 1.29 is 24.4 Å². The van der Waals surface area contributed by atoms with Crippen LogP contribution in [0.25, 0.3) is 0 Å². The van der Waals surface area contributed by atoms with Crippen LogP contribution in [0, 0.1) is 0 Å². The number of aliphatic hydroxyl groups excluding tert-OH is 2. The van der Waals surface area contributed by atoms with Crippen molar-refractivity contribution in [3.8, 4) is 0 Å². The predicted octanol–water partition coefficient (Wildman–Crippen LogP) is -1.52. The average molecular weight is 176 g/mol. The molecule has 4 atom stereocenters. The van der Waals surface area contributed by atoms with Gasteiger partial charge in [0.25, 0.3) is 0 Å². The monoisotopic (exact) mass is 176 g/mol. The van der Waals surface area contributed by atoms with Gasteiger partial charge in [-0.1, -0.05) is 0 Å². The molecule has 0 amide bonds. The zero-order valence-electron chi connectivity index (χ0n) is 6.77. The molecule has 5 heteroatoms. The maximum absolute atomic E-state index is 9.02. The van der Waals surface area contributed by atoms with E-state index in [9.17, 15) is 0 Å². The summed E-state index contributed by atoms with van der Waals surface area (Å²) >= 11 is 0. The summed E-state index contributed by atoms with van der Waals surface area (Å²) in [5, 5.41) is 17.9. The first-order valence-corrected chi connectivity index (χ1v) is 3.87. The molecule has 70 valence electrons. The smallest absolute Gasteiger partial charge is 0.221 e. The van der Waals surface area contributed by atoms with E-state index in [0.29, 0.717) is 0 Å². The van der Waals surface area contributed by atoms with Crippen LogP contribution < -0.4 is 0 Å². The van der Waals surface area contributed by atoms with Crippen LogP contribution in [-0.2, 0) is 14.2 Å². The fourth-order valence-electron chi connectivity index (χ4n) is 1.65. The van der Waals surface area contributed by atoms with Crippen LogP contribution in [0.15, 0.2) is 0 Å². The standard InChI is InChI=1S/C7H12O5/c1-10-7(3-9)6-5(11-6)4(2-8)12-7/h4-6,8-9H,2-3H2,1H3/t4-,5+,6+,7?/m1/s1. The van der Waals surface area contributed by atoms with E-state index in [1.54, 1.807) is 0 Å². The molecule has 5 nitrogen and oxygen atoms in total. The van der Waals surface area contributed by atoms with Crippen molar-refractivity contribution >= 4 is 0 Å². The highest BCUT2D eigenvalue weighted by atomic mass is 16.8. The molecule has 0 aliphatic carbocycles. The molecule has 1 unspecified atom stereocenters. The highest BCUT2D eigenvalue weighted by molar-refractivity contribution is 5.07. The molecule has 2 aliphatic rings. The highest BCUT2D eigenvalue weighted by Gasteiger charge is 2.67. The first kappa shape index (κ1) is 8.40. The Hall–Kier alpha value is -0.200. The molecule has 0 saturated carbocycles. The number of epoxide rings is 1. The molecule has 2 saturated heterocycles. The zero-order chi connectivity index (χ0) is 8.77. The van der Waals surface area contributed by atoms with Crippen LogP contribution in [0.5, 0.6) is 0 Å². The molecule has 0 aromatic heterocycles. The molecule has 12 heavy (non-hydrogen) atoms. The number of hydrogen-bond donors (Lipinski definition) is 2. The van der Waals surface area contributed by atoms with Gasteiger partial charge >= 0.3 is 0 Å². The van der Waals surface area contributed by atoms with Gasteiger partial charge in [0.15, 0.2) is 0 Å². The minimum Gasteiger partial charge on any atom is -0.394 e. The van der Waals surface area contributed by atoms with Crippen molar-refractivity contribution in [1.82, 2.24) is 0 Å². The van der Waals surface area contributed by atoms with Gasteiger partial charge in [-0.3, -0.25) is 0 Å². The number of hydrogen-bond acceptors (Lipinski definition) is 5. The molecule has 0 bridgehead atoms. The van der Waals surface area contributed by atoms with Gasteiger partial charge in [-0.25, -0.2) is 0 Å². The second-order valence-corrected chi connectivity index (χ2v) is 3.03. The topological polar surface area (TPSA) is 71.5 Å². The van der Waals surface area contributed by atoms with E-state index in [0.717, 1.165) is 0 Å². The van der Waals surface area contributed by atoms with E-state index in [4.69, 9.17) is 24.4 Å². The van der Waals surface area contributed by atoms with E-state index >= 15 is 0 Å². The maximum atomic E-state index is 9.02. The quantitative estimate of drug-likeness (QED) is 0.511. The summed E-state index contributed by atoms with van der Waals surface area (Å²) in [4.78, 5) is 0. The third-order valence-electron chi connectivity index (χ3n) is 2.42. The van der Waals surface area contributed by atoms with Gasteiger partial charge in [0.2, 0.25) is 5.79 Å². The molecule has 2 N–H and O–H groups in total. The van der Waals surface area contributed by atoms with Crippen molar-refractivity contribution in [3.63, 3.8) is 0 Å². The summed E-state index contributed by atoms with van der Waals surface area (Å²) < 4.78 is 15.5. The van der Waals surface area contributed by atoms with E-state index in [1.165, 1.54) is 7.11 Å². The number of rotatable bonds is 3. The van der Waals surface area contributed by atoms with Gasteiger partial charge in [0.1, 0.15) is 24.9 Å². The van der Waals surface area contributed by atoms with Crippen LogP contribution in [0.2, 0.25) is 0 Å². The van der Waals surface area contributed by atoms with Gasteiger partial charge in [-0.2, -0.15) is 0 Å². The molecular formula is C7H12O5. The Kier molecular flexibility index (Phi) is 1.85. The van der Waals surface area contributed by atoms with E-state index in [1.807, 2.05) is 0 Å². The lowest BCUT2D eigenvalue weighted by Crippen LogP contribution is -2.43. The predicted molar refractivity (Wildman–Crippen MR) is 37.4 cm³/mol. The lowest BCUT2D eigenvalue weighted by molar-refractivity contribution is -0.266. The fraction of sp³-hybridized carbons (Fsp3) is 1.00. The Labute approximate surface area is 69.8 Å². The summed E-state index contributed by atoms with van der Waals surface area (Å²) in [5.41, 5.74) is 0. The van der Waals surface area contributed by atoms with Gasteiger partial charge in [0.05, 0.1) is 6.61 Å². The van der Waals surface area contributed by atoms with Gasteiger partial charge in [0, 0.05) is 7.11 Å². The second kappa shape index (κ2) is 2.65. The zero-order valence-corrected chi connectivity index (χ0v) is 6.77. The normalized spacial score (nSPS) is 50.8. The second-order valence-electron chi connectivity index (χ2n) is 3.03. The lowest BCUT2D eigenvalue weighted by Gasteiger charge is -2.27. The number of ether oxygens (including phenoxy) is 3. The molecule has 0 aromatic rings. The number of methoxy groups -OCH3 is 1. The Morgan fingerprint density at radius 2 is 2.25 bits per heavy atom. The molecule has 0 spiro atoms.